The van der Waals surface area contributed by atoms with E-state index in [9.17, 15) is 4.79 Å². The van der Waals surface area contributed by atoms with Crippen molar-refractivity contribution in [3.8, 4) is 5.95 Å². The molecule has 1 fully saturated rings. The monoisotopic (exact) mass is 442 g/mol. The lowest BCUT2D eigenvalue weighted by molar-refractivity contribution is -0.120. The number of anilines is 4. The summed E-state index contributed by atoms with van der Waals surface area (Å²) in [5, 5.41) is 6.39. The second-order valence-electron chi connectivity index (χ2n) is 8.33. The van der Waals surface area contributed by atoms with E-state index >= 15 is 0 Å². The lowest BCUT2D eigenvalue weighted by Gasteiger charge is -2.20. The number of nitrogen functional groups attached to an aromatic ring is 1. The first-order valence-corrected chi connectivity index (χ1v) is 11.2. The lowest BCUT2D eigenvalue weighted by Crippen LogP contribution is -2.24. The van der Waals surface area contributed by atoms with E-state index < -0.39 is 0 Å². The number of carbonyl (C=O) groups is 1. The number of nitrogens with zero attached hydrogens (tertiary/aromatic N) is 5. The number of fused-ring (bicyclic) bond motifs is 1. The summed E-state index contributed by atoms with van der Waals surface area (Å²) >= 11 is 0. The number of carbonyl (C=O) groups excluding carboxylic acids is 1. The molecule has 168 valence electrons. The van der Waals surface area contributed by atoms with Gasteiger partial charge >= 0.3 is 0 Å². The molecular formula is C24H26N8O. The number of nitrogens with one attached hydrogen (secondary N) is 2. The molecule has 2 heterocycles. The van der Waals surface area contributed by atoms with Gasteiger partial charge in [0.05, 0.1) is 11.0 Å². The summed E-state index contributed by atoms with van der Waals surface area (Å²) in [5.41, 5.74) is 9.12. The highest BCUT2D eigenvalue weighted by Gasteiger charge is 2.21. The van der Waals surface area contributed by atoms with Gasteiger partial charge in [0.1, 0.15) is 5.82 Å². The quantitative estimate of drug-likeness (QED) is 0.419. The minimum absolute atomic E-state index is 0.111. The van der Waals surface area contributed by atoms with Crippen LogP contribution >= 0.6 is 0 Å². The number of aryl methyl sites for hydroxylation is 1. The smallest absolute Gasteiger partial charge is 0.242 e. The van der Waals surface area contributed by atoms with Crippen molar-refractivity contribution in [1.29, 1.82) is 0 Å². The zero-order valence-electron chi connectivity index (χ0n) is 18.5. The van der Waals surface area contributed by atoms with E-state index in [1.165, 1.54) is 6.42 Å². The number of rotatable bonds is 5. The molecule has 0 saturated heterocycles. The number of amides is 1. The molecule has 1 aliphatic carbocycles. The molecule has 0 bridgehead atoms. The minimum Gasteiger partial charge on any atom is -0.368 e. The van der Waals surface area contributed by atoms with Crippen molar-refractivity contribution in [3.05, 3.63) is 54.4 Å². The van der Waals surface area contributed by atoms with E-state index in [1.54, 1.807) is 6.92 Å². The molecule has 2 aromatic carbocycles. The van der Waals surface area contributed by atoms with Crippen LogP contribution in [0.4, 0.5) is 23.3 Å². The SMILES string of the molecule is Cc1nc(N)nc(-n2c(Nc3ccc(NC(=O)C4CCCCC4)cc3)nc3ccccc32)n1. The van der Waals surface area contributed by atoms with Crippen LogP contribution in [0.15, 0.2) is 48.5 Å². The second-order valence-corrected chi connectivity index (χ2v) is 8.33. The summed E-state index contributed by atoms with van der Waals surface area (Å²) in [6.07, 6.45) is 5.44. The zero-order chi connectivity index (χ0) is 22.8. The van der Waals surface area contributed by atoms with Crippen molar-refractivity contribution < 1.29 is 4.79 Å². The van der Waals surface area contributed by atoms with Gasteiger partial charge in [0, 0.05) is 17.3 Å². The second kappa shape index (κ2) is 8.85. The van der Waals surface area contributed by atoms with Crippen LogP contribution < -0.4 is 16.4 Å². The average molecular weight is 443 g/mol. The van der Waals surface area contributed by atoms with Gasteiger partial charge in [-0.1, -0.05) is 31.4 Å². The third-order valence-corrected chi connectivity index (χ3v) is 5.90. The molecule has 4 N–H and O–H groups in total. The Morgan fingerprint density at radius 1 is 0.939 bits per heavy atom. The molecule has 1 amide bonds. The fourth-order valence-corrected chi connectivity index (χ4v) is 4.28. The van der Waals surface area contributed by atoms with Gasteiger partial charge < -0.3 is 16.4 Å². The van der Waals surface area contributed by atoms with Crippen LogP contribution in [0.1, 0.15) is 37.9 Å². The van der Waals surface area contributed by atoms with Gasteiger partial charge in [0.25, 0.3) is 0 Å². The van der Waals surface area contributed by atoms with Crippen LogP contribution in [0, 0.1) is 12.8 Å². The summed E-state index contributed by atoms with van der Waals surface area (Å²) in [7, 11) is 0. The first kappa shape index (κ1) is 20.9. The van der Waals surface area contributed by atoms with E-state index in [4.69, 9.17) is 10.7 Å². The van der Waals surface area contributed by atoms with Crippen LogP contribution in [0.2, 0.25) is 0 Å². The number of benzene rings is 2. The minimum atomic E-state index is 0.111. The number of para-hydroxylation sites is 2. The molecule has 33 heavy (non-hydrogen) atoms. The normalized spacial score (nSPS) is 14.3. The fraction of sp³-hybridized carbons (Fsp3) is 0.292. The Bertz CT molecular complexity index is 1270. The van der Waals surface area contributed by atoms with Crippen molar-refractivity contribution in [2.24, 2.45) is 5.92 Å². The Morgan fingerprint density at radius 3 is 2.42 bits per heavy atom. The molecule has 9 nitrogen and oxygen atoms in total. The molecule has 0 aliphatic heterocycles. The molecule has 2 aromatic heterocycles. The number of hydrogen-bond donors (Lipinski definition) is 3. The molecule has 9 heteroatoms. The molecule has 0 unspecified atom stereocenters. The van der Waals surface area contributed by atoms with E-state index in [-0.39, 0.29) is 17.8 Å². The lowest BCUT2D eigenvalue weighted by atomic mass is 9.88. The Kier molecular flexibility index (Phi) is 5.60. The topological polar surface area (TPSA) is 124 Å². The van der Waals surface area contributed by atoms with Gasteiger partial charge in [0.15, 0.2) is 0 Å². The highest BCUT2D eigenvalue weighted by atomic mass is 16.1. The van der Waals surface area contributed by atoms with E-state index in [1.807, 2.05) is 53.1 Å². The maximum Gasteiger partial charge on any atom is 0.242 e. The standard InChI is InChI=1S/C24H26N8O/c1-15-26-22(25)31-23(27-15)32-20-10-6-5-9-19(20)30-24(32)29-18-13-11-17(12-14-18)28-21(33)16-7-3-2-4-8-16/h5-6,9-14,16H,2-4,7-8H2,1H3,(H,28,33)(H,29,30)(H2,25,26,27,31). The third-order valence-electron chi connectivity index (χ3n) is 5.90. The first-order chi connectivity index (χ1) is 16.1. The van der Waals surface area contributed by atoms with Gasteiger partial charge in [-0.3, -0.25) is 4.79 Å². The van der Waals surface area contributed by atoms with Crippen LogP contribution in [-0.2, 0) is 4.79 Å². The van der Waals surface area contributed by atoms with Crippen LogP contribution in [0.25, 0.3) is 17.0 Å². The molecule has 0 radical (unpaired) electrons. The Morgan fingerprint density at radius 2 is 1.67 bits per heavy atom. The van der Waals surface area contributed by atoms with Gasteiger partial charge in [-0.05, 0) is 56.2 Å². The average Bonchev–Trinajstić information content (AvgIpc) is 3.18. The maximum absolute atomic E-state index is 12.5. The third kappa shape index (κ3) is 4.48. The van der Waals surface area contributed by atoms with E-state index in [0.29, 0.717) is 17.7 Å². The number of aromatic nitrogens is 5. The first-order valence-electron chi connectivity index (χ1n) is 11.2. The van der Waals surface area contributed by atoms with Crippen molar-refractivity contribution in [2.75, 3.05) is 16.4 Å². The maximum atomic E-state index is 12.5. The Balaban J connectivity index is 1.40. The van der Waals surface area contributed by atoms with E-state index in [2.05, 4.69) is 25.6 Å². The van der Waals surface area contributed by atoms with Gasteiger partial charge in [-0.25, -0.2) is 9.55 Å². The Hall–Kier alpha value is -4.01. The van der Waals surface area contributed by atoms with Crippen LogP contribution in [0.5, 0.6) is 0 Å². The summed E-state index contributed by atoms with van der Waals surface area (Å²) in [6, 6.07) is 15.3. The molecule has 0 atom stereocenters. The van der Waals surface area contributed by atoms with Gasteiger partial charge in [-0.2, -0.15) is 15.0 Å². The molecule has 1 saturated carbocycles. The van der Waals surface area contributed by atoms with Crippen LogP contribution in [-0.4, -0.2) is 30.4 Å². The summed E-state index contributed by atoms with van der Waals surface area (Å²) < 4.78 is 1.82. The van der Waals surface area contributed by atoms with E-state index in [0.717, 1.165) is 48.1 Å². The summed E-state index contributed by atoms with van der Waals surface area (Å²) in [4.78, 5) is 30.1. The molecule has 5 rings (SSSR count). The number of nitrogens with two attached hydrogens (primary N) is 1. The number of imidazole rings is 1. The molecule has 0 spiro atoms. The predicted molar refractivity (Wildman–Crippen MR) is 129 cm³/mol. The van der Waals surface area contributed by atoms with Crippen molar-refractivity contribution in [2.45, 2.75) is 39.0 Å². The predicted octanol–water partition coefficient (Wildman–Crippen LogP) is 4.36. The molecule has 1 aliphatic rings. The van der Waals surface area contributed by atoms with Crippen molar-refractivity contribution in [3.63, 3.8) is 0 Å². The summed E-state index contributed by atoms with van der Waals surface area (Å²) in [5.74, 6) is 1.86. The zero-order valence-corrected chi connectivity index (χ0v) is 18.5. The molecular weight excluding hydrogens is 416 g/mol. The molecule has 4 aromatic rings. The number of hydrogen-bond acceptors (Lipinski definition) is 7. The fourth-order valence-electron chi connectivity index (χ4n) is 4.28. The van der Waals surface area contributed by atoms with Gasteiger partial charge in [-0.15, -0.1) is 0 Å². The van der Waals surface area contributed by atoms with Crippen molar-refractivity contribution in [1.82, 2.24) is 24.5 Å². The van der Waals surface area contributed by atoms with Crippen molar-refractivity contribution >= 4 is 40.2 Å². The highest BCUT2D eigenvalue weighted by molar-refractivity contribution is 5.92. The largest absolute Gasteiger partial charge is 0.368 e. The summed E-state index contributed by atoms with van der Waals surface area (Å²) in [6.45, 7) is 1.77. The van der Waals surface area contributed by atoms with Gasteiger partial charge in [0.2, 0.25) is 23.8 Å². The Labute approximate surface area is 191 Å². The highest BCUT2D eigenvalue weighted by Crippen LogP contribution is 2.28. The van der Waals surface area contributed by atoms with Crippen LogP contribution in [0.3, 0.4) is 0 Å².